The highest BCUT2D eigenvalue weighted by atomic mass is 16.5. The Morgan fingerprint density at radius 3 is 2.83 bits per heavy atom. The van der Waals surface area contributed by atoms with Crippen LogP contribution in [0.15, 0.2) is 48.7 Å². The van der Waals surface area contributed by atoms with Crippen LogP contribution in [0.1, 0.15) is 43.8 Å². The average Bonchev–Trinajstić information content (AvgIpc) is 3.12. The van der Waals surface area contributed by atoms with Crippen molar-refractivity contribution in [1.82, 2.24) is 20.1 Å². The molecule has 2 aromatic heterocycles. The van der Waals surface area contributed by atoms with Crippen molar-refractivity contribution in [2.24, 2.45) is 0 Å². The molecule has 0 saturated carbocycles. The molecule has 29 heavy (non-hydrogen) atoms. The van der Waals surface area contributed by atoms with E-state index >= 15 is 0 Å². The van der Waals surface area contributed by atoms with Gasteiger partial charge >= 0.3 is 0 Å². The Morgan fingerprint density at radius 1 is 1.28 bits per heavy atom. The number of hydrogen-bond acceptors (Lipinski definition) is 4. The molecule has 1 N–H and O–H groups in total. The van der Waals surface area contributed by atoms with Gasteiger partial charge < -0.3 is 10.1 Å². The zero-order chi connectivity index (χ0) is 20.4. The van der Waals surface area contributed by atoms with Crippen molar-refractivity contribution >= 4 is 22.9 Å². The summed E-state index contributed by atoms with van der Waals surface area (Å²) in [6.07, 6.45) is 5.98. The lowest BCUT2D eigenvalue weighted by molar-refractivity contribution is -0.124. The largest absolute Gasteiger partial charge is 0.369 e. The van der Waals surface area contributed by atoms with Crippen molar-refractivity contribution in [2.45, 2.75) is 45.4 Å². The third-order valence-corrected chi connectivity index (χ3v) is 5.30. The first kappa shape index (κ1) is 19.3. The molecule has 4 rings (SSSR count). The molecule has 6 nitrogen and oxygen atoms in total. The molecule has 0 radical (unpaired) electrons. The third-order valence-electron chi connectivity index (χ3n) is 5.30. The number of rotatable bonds is 2. The number of hydrogen-bond donors (Lipinski definition) is 1. The van der Waals surface area contributed by atoms with E-state index in [0.717, 1.165) is 34.4 Å². The maximum Gasteiger partial charge on any atom is 0.226 e. The third kappa shape index (κ3) is 3.93. The van der Waals surface area contributed by atoms with Gasteiger partial charge in [-0.15, -0.1) is 0 Å². The summed E-state index contributed by atoms with van der Waals surface area (Å²) < 4.78 is 8.11. The summed E-state index contributed by atoms with van der Waals surface area (Å²) in [5, 5.41) is 8.60. The minimum Gasteiger partial charge on any atom is -0.369 e. The second-order valence-electron chi connectivity index (χ2n) is 7.80. The van der Waals surface area contributed by atoms with Crippen LogP contribution in [0.5, 0.6) is 0 Å². The molecule has 2 bridgehead atoms. The molecule has 6 heteroatoms. The van der Waals surface area contributed by atoms with Crippen LogP contribution < -0.4 is 5.32 Å². The van der Waals surface area contributed by atoms with E-state index in [1.165, 1.54) is 0 Å². The summed E-state index contributed by atoms with van der Waals surface area (Å²) in [4.78, 5) is 17.7. The van der Waals surface area contributed by atoms with Crippen molar-refractivity contribution < 1.29 is 9.53 Å². The maximum atomic E-state index is 12.9. The average molecular weight is 390 g/mol. The first-order chi connectivity index (χ1) is 14.0. The Bertz CT molecular complexity index is 1050. The number of fused-ring (bicyclic) bond motifs is 4. The van der Waals surface area contributed by atoms with Gasteiger partial charge in [0.05, 0.1) is 47.8 Å². The minimum absolute atomic E-state index is 0.0826. The van der Waals surface area contributed by atoms with E-state index < -0.39 is 5.60 Å². The van der Waals surface area contributed by atoms with Crippen LogP contribution in [-0.2, 0) is 22.5 Å². The molecule has 0 fully saturated rings. The Balaban J connectivity index is 1.75. The smallest absolute Gasteiger partial charge is 0.226 e. The van der Waals surface area contributed by atoms with E-state index in [4.69, 9.17) is 9.72 Å². The monoisotopic (exact) mass is 390 g/mol. The number of amides is 1. The van der Waals surface area contributed by atoms with Crippen LogP contribution >= 0.6 is 0 Å². The molecule has 150 valence electrons. The number of carbonyl (C=O) groups excluding carboxylic acids is 1. The highest BCUT2D eigenvalue weighted by molar-refractivity contribution is 5.87. The number of carbonyl (C=O) groups is 1. The Labute approximate surface area is 170 Å². The van der Waals surface area contributed by atoms with Crippen molar-refractivity contribution in [3.8, 4) is 0 Å². The predicted octanol–water partition coefficient (Wildman–Crippen LogP) is 3.67. The highest BCUT2D eigenvalue weighted by Crippen LogP contribution is 2.30. The van der Waals surface area contributed by atoms with Crippen molar-refractivity contribution in [1.29, 1.82) is 0 Å². The number of aryl methyl sites for hydroxylation is 1. The summed E-state index contributed by atoms with van der Waals surface area (Å²) in [6.45, 7) is 7.24. The molecule has 0 saturated heterocycles. The molecular weight excluding hydrogens is 364 g/mol. The normalized spacial score (nSPS) is 19.4. The standard InChI is InChI=1S/C23H26N4O2/c1-4-27-21-17(15-24-27)13-18-14-20(28)26-22(16-9-6-5-7-10-16)23(2,3)29-12-8-11-19(21)25-18/h5-11,13,15,22H,4,12,14H2,1-3H3,(H,26,28). The van der Waals surface area contributed by atoms with E-state index in [0.29, 0.717) is 6.61 Å². The number of ether oxygens (including phenoxy) is 1. The molecule has 1 aliphatic heterocycles. The fraction of sp³-hybridized carbons (Fsp3) is 0.348. The number of benzene rings is 1. The second-order valence-corrected chi connectivity index (χ2v) is 7.80. The SMILES string of the molecule is CCn1ncc2cc3nc(c21)C=CCOC(C)(C)C(c1ccccc1)NC(=O)C3. The van der Waals surface area contributed by atoms with E-state index in [1.807, 2.05) is 73.3 Å². The quantitative estimate of drug-likeness (QED) is 0.725. The van der Waals surface area contributed by atoms with Gasteiger partial charge in [-0.2, -0.15) is 5.10 Å². The second kappa shape index (κ2) is 7.79. The highest BCUT2D eigenvalue weighted by Gasteiger charge is 2.33. The van der Waals surface area contributed by atoms with Gasteiger partial charge in [0, 0.05) is 11.9 Å². The molecule has 0 spiro atoms. The summed E-state index contributed by atoms with van der Waals surface area (Å²) in [5.41, 5.74) is 2.96. The molecule has 0 aliphatic carbocycles. The summed E-state index contributed by atoms with van der Waals surface area (Å²) in [5.74, 6) is -0.0826. The molecule has 3 aromatic rings. The number of nitrogens with zero attached hydrogens (tertiary/aromatic N) is 3. The van der Waals surface area contributed by atoms with E-state index in [9.17, 15) is 4.79 Å². The van der Waals surface area contributed by atoms with Gasteiger partial charge in [0.15, 0.2) is 0 Å². The van der Waals surface area contributed by atoms with Crippen molar-refractivity contribution in [3.05, 3.63) is 65.6 Å². The van der Waals surface area contributed by atoms with E-state index in [1.54, 1.807) is 0 Å². The molecule has 1 amide bonds. The topological polar surface area (TPSA) is 69.0 Å². The van der Waals surface area contributed by atoms with Crippen LogP contribution in [0, 0.1) is 0 Å². The fourth-order valence-corrected chi connectivity index (χ4v) is 3.84. The molecule has 1 aromatic carbocycles. The number of aromatic nitrogens is 3. The first-order valence-electron chi connectivity index (χ1n) is 9.98. The van der Waals surface area contributed by atoms with E-state index in [-0.39, 0.29) is 18.4 Å². The Hall–Kier alpha value is -2.99. The predicted molar refractivity (Wildman–Crippen MR) is 113 cm³/mol. The van der Waals surface area contributed by atoms with Gasteiger partial charge in [-0.3, -0.25) is 14.5 Å². The summed E-state index contributed by atoms with van der Waals surface area (Å²) in [6, 6.07) is 11.6. The molecule has 1 atom stereocenters. The number of pyridine rings is 1. The lowest BCUT2D eigenvalue weighted by Gasteiger charge is -2.35. The zero-order valence-corrected chi connectivity index (χ0v) is 17.1. The van der Waals surface area contributed by atoms with Gasteiger partial charge in [-0.1, -0.05) is 36.4 Å². The summed E-state index contributed by atoms with van der Waals surface area (Å²) in [7, 11) is 0. The molecule has 1 aliphatic rings. The Kier molecular flexibility index (Phi) is 5.20. The van der Waals surface area contributed by atoms with E-state index in [2.05, 4.69) is 17.3 Å². The molecular formula is C23H26N4O2. The molecule has 3 heterocycles. The lowest BCUT2D eigenvalue weighted by Crippen LogP contribution is -2.44. The van der Waals surface area contributed by atoms with Gasteiger partial charge in [0.1, 0.15) is 0 Å². The molecule has 1 unspecified atom stereocenters. The zero-order valence-electron chi connectivity index (χ0n) is 17.1. The van der Waals surface area contributed by atoms with Crippen LogP contribution in [0.25, 0.3) is 17.0 Å². The lowest BCUT2D eigenvalue weighted by atomic mass is 9.91. The maximum absolute atomic E-state index is 12.9. The fourth-order valence-electron chi connectivity index (χ4n) is 3.84. The van der Waals surface area contributed by atoms with Crippen molar-refractivity contribution in [2.75, 3.05) is 6.61 Å². The van der Waals surface area contributed by atoms with Crippen molar-refractivity contribution in [3.63, 3.8) is 0 Å². The summed E-state index contributed by atoms with van der Waals surface area (Å²) >= 11 is 0. The van der Waals surface area contributed by atoms with Crippen LogP contribution in [0.2, 0.25) is 0 Å². The first-order valence-corrected chi connectivity index (χ1v) is 9.98. The van der Waals surface area contributed by atoms with Gasteiger partial charge in [-0.05, 0) is 38.5 Å². The van der Waals surface area contributed by atoms with Gasteiger partial charge in [-0.25, -0.2) is 0 Å². The number of nitrogens with one attached hydrogen (secondary N) is 1. The van der Waals surface area contributed by atoms with Crippen LogP contribution in [-0.4, -0.2) is 32.9 Å². The van der Waals surface area contributed by atoms with Gasteiger partial charge in [0.2, 0.25) is 5.91 Å². The van der Waals surface area contributed by atoms with Crippen LogP contribution in [0.4, 0.5) is 0 Å². The van der Waals surface area contributed by atoms with Crippen LogP contribution in [0.3, 0.4) is 0 Å². The minimum atomic E-state index is -0.581. The van der Waals surface area contributed by atoms with Gasteiger partial charge in [0.25, 0.3) is 0 Å². The Morgan fingerprint density at radius 2 is 2.07 bits per heavy atom.